The first-order valence-electron chi connectivity index (χ1n) is 9.47. The van der Waals surface area contributed by atoms with E-state index in [2.05, 4.69) is 5.32 Å². The van der Waals surface area contributed by atoms with Crippen molar-refractivity contribution < 1.29 is 22.7 Å². The van der Waals surface area contributed by atoms with Crippen LogP contribution in [0.3, 0.4) is 0 Å². The molecule has 0 aliphatic rings. The third-order valence-corrected chi connectivity index (χ3v) is 5.77. The molecule has 0 saturated heterocycles. The lowest BCUT2D eigenvalue weighted by atomic mass is 10.1. The molecule has 3 aromatic rings. The van der Waals surface area contributed by atoms with Gasteiger partial charge in [-0.3, -0.25) is 9.10 Å². The largest absolute Gasteiger partial charge is 0.493 e. The van der Waals surface area contributed by atoms with Crippen LogP contribution in [0.15, 0.2) is 72.8 Å². The fourth-order valence-electron chi connectivity index (χ4n) is 3.05. The highest BCUT2D eigenvalue weighted by Gasteiger charge is 2.18. The lowest BCUT2D eigenvalue weighted by molar-refractivity contribution is 0.102. The number of sulfonamides is 1. The van der Waals surface area contributed by atoms with Gasteiger partial charge in [0, 0.05) is 17.3 Å². The summed E-state index contributed by atoms with van der Waals surface area (Å²) in [5.74, 6) is 0.734. The van der Waals surface area contributed by atoms with Crippen molar-refractivity contribution >= 4 is 27.3 Å². The van der Waals surface area contributed by atoms with Crippen molar-refractivity contribution in [2.24, 2.45) is 0 Å². The number of anilines is 2. The maximum absolute atomic E-state index is 12.6. The molecule has 7 nitrogen and oxygen atoms in total. The Kier molecular flexibility index (Phi) is 6.81. The number of hydrogen-bond acceptors (Lipinski definition) is 5. The molecule has 0 fully saturated rings. The van der Waals surface area contributed by atoms with Crippen LogP contribution in [0.1, 0.15) is 15.9 Å². The third-order valence-electron chi connectivity index (χ3n) is 4.63. The second-order valence-corrected chi connectivity index (χ2v) is 8.73. The maximum atomic E-state index is 12.6. The summed E-state index contributed by atoms with van der Waals surface area (Å²) in [6, 6.07) is 20.8. The Balaban J connectivity index is 1.78. The Labute approximate surface area is 182 Å². The molecule has 0 saturated carbocycles. The van der Waals surface area contributed by atoms with Gasteiger partial charge in [-0.2, -0.15) is 0 Å². The van der Waals surface area contributed by atoms with Crippen LogP contribution in [0, 0.1) is 0 Å². The van der Waals surface area contributed by atoms with Crippen LogP contribution in [-0.2, 0) is 16.6 Å². The van der Waals surface area contributed by atoms with Gasteiger partial charge in [-0.25, -0.2) is 8.42 Å². The summed E-state index contributed by atoms with van der Waals surface area (Å²) in [4.78, 5) is 12.6. The lowest BCUT2D eigenvalue weighted by Gasteiger charge is -2.22. The van der Waals surface area contributed by atoms with Gasteiger partial charge < -0.3 is 14.8 Å². The van der Waals surface area contributed by atoms with Gasteiger partial charge in [-0.05, 0) is 42.0 Å². The fraction of sp³-hybridized carbons (Fsp3) is 0.174. The molecule has 1 N–H and O–H groups in total. The molecule has 0 spiro atoms. The number of carbonyl (C=O) groups is 1. The minimum Gasteiger partial charge on any atom is -0.493 e. The predicted molar refractivity (Wildman–Crippen MR) is 121 cm³/mol. The van der Waals surface area contributed by atoms with Crippen molar-refractivity contribution in [2.75, 3.05) is 30.1 Å². The van der Waals surface area contributed by atoms with Crippen LogP contribution in [0.4, 0.5) is 11.4 Å². The molecule has 0 radical (unpaired) electrons. The zero-order valence-corrected chi connectivity index (χ0v) is 18.3. The Morgan fingerprint density at radius 1 is 0.903 bits per heavy atom. The highest BCUT2D eigenvalue weighted by Crippen LogP contribution is 2.30. The van der Waals surface area contributed by atoms with Gasteiger partial charge in [-0.1, -0.05) is 30.3 Å². The smallest absolute Gasteiger partial charge is 0.255 e. The van der Waals surface area contributed by atoms with E-state index in [4.69, 9.17) is 9.47 Å². The van der Waals surface area contributed by atoms with Gasteiger partial charge in [0.15, 0.2) is 11.5 Å². The van der Waals surface area contributed by atoms with E-state index in [9.17, 15) is 13.2 Å². The maximum Gasteiger partial charge on any atom is 0.255 e. The SMILES string of the molecule is COc1ccc(NC(=O)c2ccc(N(Cc3ccccc3)S(C)(=O)=O)cc2)cc1OC. The molecule has 0 heterocycles. The molecular formula is C23H24N2O5S. The number of rotatable bonds is 8. The molecule has 1 amide bonds. The van der Waals surface area contributed by atoms with E-state index in [0.29, 0.717) is 28.4 Å². The summed E-state index contributed by atoms with van der Waals surface area (Å²) < 4.78 is 36.4. The van der Waals surface area contributed by atoms with Gasteiger partial charge in [0.1, 0.15) is 0 Å². The Morgan fingerprint density at radius 3 is 2.13 bits per heavy atom. The van der Waals surface area contributed by atoms with Crippen molar-refractivity contribution in [3.05, 3.63) is 83.9 Å². The van der Waals surface area contributed by atoms with Crippen LogP contribution in [-0.4, -0.2) is 34.8 Å². The number of carbonyl (C=O) groups excluding carboxylic acids is 1. The highest BCUT2D eigenvalue weighted by molar-refractivity contribution is 7.92. The van der Waals surface area contributed by atoms with E-state index in [1.165, 1.54) is 18.5 Å². The topological polar surface area (TPSA) is 84.9 Å². The van der Waals surface area contributed by atoms with Crippen molar-refractivity contribution in [1.82, 2.24) is 0 Å². The van der Waals surface area contributed by atoms with Crippen LogP contribution in [0.25, 0.3) is 0 Å². The first kappa shape index (κ1) is 22.2. The van der Waals surface area contributed by atoms with Gasteiger partial charge in [0.2, 0.25) is 10.0 Å². The van der Waals surface area contributed by atoms with Crippen molar-refractivity contribution in [1.29, 1.82) is 0 Å². The van der Waals surface area contributed by atoms with Gasteiger partial charge in [-0.15, -0.1) is 0 Å². The van der Waals surface area contributed by atoms with Crippen molar-refractivity contribution in [3.63, 3.8) is 0 Å². The Hall–Kier alpha value is -3.52. The van der Waals surface area contributed by atoms with Crippen LogP contribution >= 0.6 is 0 Å². The minimum absolute atomic E-state index is 0.205. The number of nitrogens with zero attached hydrogens (tertiary/aromatic N) is 1. The zero-order chi connectivity index (χ0) is 22.4. The van der Waals surface area contributed by atoms with Crippen LogP contribution < -0.4 is 19.1 Å². The number of amides is 1. The summed E-state index contributed by atoms with van der Waals surface area (Å²) in [6.45, 7) is 0.205. The van der Waals surface area contributed by atoms with Gasteiger partial charge in [0.05, 0.1) is 32.7 Å². The number of ether oxygens (including phenoxy) is 2. The van der Waals surface area contributed by atoms with E-state index in [1.807, 2.05) is 30.3 Å². The molecule has 0 atom stereocenters. The molecule has 0 aromatic heterocycles. The summed E-state index contributed by atoms with van der Waals surface area (Å²) >= 11 is 0. The molecule has 8 heteroatoms. The summed E-state index contributed by atoms with van der Waals surface area (Å²) in [6.07, 6.45) is 1.16. The third kappa shape index (κ3) is 5.55. The van der Waals surface area contributed by atoms with Crippen LogP contribution in [0.5, 0.6) is 11.5 Å². The lowest BCUT2D eigenvalue weighted by Crippen LogP contribution is -2.29. The molecule has 3 rings (SSSR count). The van der Waals surface area contributed by atoms with Crippen LogP contribution in [0.2, 0.25) is 0 Å². The number of hydrogen-bond donors (Lipinski definition) is 1. The average molecular weight is 441 g/mol. The summed E-state index contributed by atoms with van der Waals surface area (Å²) in [5.41, 5.74) is 2.29. The first-order valence-corrected chi connectivity index (χ1v) is 11.3. The second-order valence-electron chi connectivity index (χ2n) is 6.83. The molecular weight excluding hydrogens is 416 g/mol. The molecule has 0 aliphatic carbocycles. The monoisotopic (exact) mass is 440 g/mol. The molecule has 0 bridgehead atoms. The first-order chi connectivity index (χ1) is 14.8. The van der Waals surface area contributed by atoms with E-state index < -0.39 is 10.0 Å². The number of benzene rings is 3. The standard InChI is InChI=1S/C23H24N2O5S/c1-29-21-14-11-19(15-22(21)30-2)24-23(26)18-9-12-20(13-10-18)25(31(3,27)28)16-17-7-5-4-6-8-17/h4-15H,16H2,1-3H3,(H,24,26). The molecule has 3 aromatic carbocycles. The highest BCUT2D eigenvalue weighted by atomic mass is 32.2. The van der Waals surface area contributed by atoms with Gasteiger partial charge >= 0.3 is 0 Å². The molecule has 0 unspecified atom stereocenters. The number of methoxy groups -OCH3 is 2. The Bertz CT molecular complexity index is 1150. The Morgan fingerprint density at radius 2 is 1.55 bits per heavy atom. The quantitative estimate of drug-likeness (QED) is 0.574. The molecule has 0 aliphatic heterocycles. The number of nitrogens with one attached hydrogen (secondary N) is 1. The van der Waals surface area contributed by atoms with Gasteiger partial charge in [0.25, 0.3) is 5.91 Å². The zero-order valence-electron chi connectivity index (χ0n) is 17.5. The second kappa shape index (κ2) is 9.53. The molecule has 31 heavy (non-hydrogen) atoms. The minimum atomic E-state index is -3.51. The summed E-state index contributed by atoms with van der Waals surface area (Å²) in [7, 11) is -0.449. The predicted octanol–water partition coefficient (Wildman–Crippen LogP) is 3.92. The van der Waals surface area contributed by atoms with E-state index in [1.54, 1.807) is 42.5 Å². The fourth-order valence-corrected chi connectivity index (χ4v) is 3.93. The van der Waals surface area contributed by atoms with E-state index >= 15 is 0 Å². The summed E-state index contributed by atoms with van der Waals surface area (Å²) in [5, 5.41) is 2.80. The van der Waals surface area contributed by atoms with Crippen molar-refractivity contribution in [3.8, 4) is 11.5 Å². The van der Waals surface area contributed by atoms with Crippen molar-refractivity contribution in [2.45, 2.75) is 6.54 Å². The van der Waals surface area contributed by atoms with E-state index in [0.717, 1.165) is 11.8 Å². The normalized spacial score (nSPS) is 10.9. The van der Waals surface area contributed by atoms with E-state index in [-0.39, 0.29) is 12.5 Å². The molecule has 162 valence electrons. The average Bonchev–Trinajstić information content (AvgIpc) is 2.77.